The van der Waals surface area contributed by atoms with E-state index >= 15 is 0 Å². The predicted molar refractivity (Wildman–Crippen MR) is 77.9 cm³/mol. The van der Waals surface area contributed by atoms with E-state index in [0.29, 0.717) is 17.1 Å². The quantitative estimate of drug-likeness (QED) is 0.761. The Bertz CT molecular complexity index is 329. The highest BCUT2D eigenvalue weighted by atomic mass is 16.3. The van der Waals surface area contributed by atoms with E-state index in [1.807, 2.05) is 13.8 Å². The first-order valence-corrected chi connectivity index (χ1v) is 8.08. The maximum atomic E-state index is 12.1. The van der Waals surface area contributed by atoms with Crippen molar-refractivity contribution in [3.8, 4) is 0 Å². The lowest BCUT2D eigenvalue weighted by molar-refractivity contribution is -0.129. The largest absolute Gasteiger partial charge is 0.390 e. The van der Waals surface area contributed by atoms with Crippen molar-refractivity contribution in [1.29, 1.82) is 0 Å². The van der Waals surface area contributed by atoms with Gasteiger partial charge in [0, 0.05) is 12.3 Å². The van der Waals surface area contributed by atoms with Crippen LogP contribution in [0.5, 0.6) is 0 Å². The highest BCUT2D eigenvalue weighted by Crippen LogP contribution is 2.55. The number of unbranched alkanes of at least 4 members (excludes halogenated alkanes) is 1. The summed E-state index contributed by atoms with van der Waals surface area (Å²) in [5, 5.41) is 9.74. The maximum Gasteiger partial charge on any atom is 0.136 e. The molecule has 3 atom stereocenters. The van der Waals surface area contributed by atoms with Gasteiger partial charge < -0.3 is 5.11 Å². The van der Waals surface area contributed by atoms with Gasteiger partial charge in [-0.1, -0.05) is 19.8 Å². The van der Waals surface area contributed by atoms with Crippen LogP contribution in [-0.4, -0.2) is 16.5 Å². The number of carbonyl (C=O) groups is 1. The molecule has 3 unspecified atom stereocenters. The van der Waals surface area contributed by atoms with Crippen molar-refractivity contribution >= 4 is 5.78 Å². The number of carbonyl (C=O) groups excluding carboxylic acids is 1. The van der Waals surface area contributed by atoms with Crippen LogP contribution in [0.25, 0.3) is 0 Å². The minimum Gasteiger partial charge on any atom is -0.390 e. The molecule has 2 fully saturated rings. The summed E-state index contributed by atoms with van der Waals surface area (Å²) in [5.74, 6) is 1.64. The molecular formula is C17H30O2. The maximum absolute atomic E-state index is 12.1. The lowest BCUT2D eigenvalue weighted by Gasteiger charge is -2.40. The van der Waals surface area contributed by atoms with Gasteiger partial charge >= 0.3 is 0 Å². The lowest BCUT2D eigenvalue weighted by Crippen LogP contribution is -2.37. The highest BCUT2D eigenvalue weighted by molar-refractivity contribution is 5.83. The van der Waals surface area contributed by atoms with Crippen molar-refractivity contribution in [2.45, 2.75) is 84.2 Å². The van der Waals surface area contributed by atoms with Gasteiger partial charge in [0.15, 0.2) is 0 Å². The SMILES string of the molecule is CC(C)(O)CCCCC1CCC2C(=O)CCCC12C. The first kappa shape index (κ1) is 15.0. The van der Waals surface area contributed by atoms with Crippen LogP contribution in [-0.2, 0) is 4.79 Å². The number of Topliss-reactive ketones (excluding diaryl/α,β-unsaturated/α-hetero) is 1. The molecule has 2 aliphatic rings. The predicted octanol–water partition coefficient (Wildman–Crippen LogP) is 4.10. The summed E-state index contributed by atoms with van der Waals surface area (Å²) in [6.07, 6.45) is 9.99. The summed E-state index contributed by atoms with van der Waals surface area (Å²) in [5.41, 5.74) is -0.229. The fourth-order valence-corrected chi connectivity index (χ4v) is 4.46. The molecule has 0 aromatic heterocycles. The van der Waals surface area contributed by atoms with Gasteiger partial charge in [-0.25, -0.2) is 0 Å². The number of hydrogen-bond donors (Lipinski definition) is 1. The lowest BCUT2D eigenvalue weighted by atomic mass is 9.64. The average molecular weight is 266 g/mol. The Morgan fingerprint density at radius 3 is 2.74 bits per heavy atom. The number of fused-ring (bicyclic) bond motifs is 1. The Kier molecular flexibility index (Phi) is 4.39. The molecule has 0 bridgehead atoms. The van der Waals surface area contributed by atoms with Gasteiger partial charge in [0.2, 0.25) is 0 Å². The van der Waals surface area contributed by atoms with Gasteiger partial charge in [-0.05, 0) is 63.7 Å². The van der Waals surface area contributed by atoms with Gasteiger partial charge in [-0.2, -0.15) is 0 Å². The summed E-state index contributed by atoms with van der Waals surface area (Å²) >= 11 is 0. The second-order valence-corrected chi connectivity index (χ2v) is 7.71. The van der Waals surface area contributed by atoms with Gasteiger partial charge in [0.05, 0.1) is 5.60 Å². The molecule has 2 saturated carbocycles. The Morgan fingerprint density at radius 2 is 2.05 bits per heavy atom. The molecule has 2 aliphatic carbocycles. The van der Waals surface area contributed by atoms with E-state index in [2.05, 4.69) is 6.92 Å². The number of aliphatic hydroxyl groups is 1. The van der Waals surface area contributed by atoms with Crippen LogP contribution in [0.3, 0.4) is 0 Å². The van der Waals surface area contributed by atoms with Gasteiger partial charge in [-0.15, -0.1) is 0 Å². The first-order valence-electron chi connectivity index (χ1n) is 8.08. The normalized spacial score (nSPS) is 35.5. The first-order chi connectivity index (χ1) is 8.83. The molecule has 0 aliphatic heterocycles. The molecule has 0 heterocycles. The van der Waals surface area contributed by atoms with Crippen LogP contribution < -0.4 is 0 Å². The summed E-state index contributed by atoms with van der Waals surface area (Å²) in [7, 11) is 0. The van der Waals surface area contributed by atoms with Gasteiger partial charge in [0.1, 0.15) is 5.78 Å². The van der Waals surface area contributed by atoms with E-state index in [1.165, 1.54) is 25.7 Å². The Labute approximate surface area is 118 Å². The zero-order chi connectivity index (χ0) is 14.1. The molecule has 0 aromatic rings. The van der Waals surface area contributed by atoms with E-state index in [-0.39, 0.29) is 0 Å². The summed E-state index contributed by atoms with van der Waals surface area (Å²) in [4.78, 5) is 12.1. The zero-order valence-electron chi connectivity index (χ0n) is 12.9. The molecule has 0 spiro atoms. The molecule has 110 valence electrons. The Balaban J connectivity index is 1.83. The van der Waals surface area contributed by atoms with Crippen molar-refractivity contribution in [3.05, 3.63) is 0 Å². The topological polar surface area (TPSA) is 37.3 Å². The van der Waals surface area contributed by atoms with E-state index < -0.39 is 5.60 Å². The zero-order valence-corrected chi connectivity index (χ0v) is 12.9. The second-order valence-electron chi connectivity index (χ2n) is 7.71. The highest BCUT2D eigenvalue weighted by Gasteiger charge is 2.50. The van der Waals surface area contributed by atoms with Crippen molar-refractivity contribution in [2.24, 2.45) is 17.3 Å². The van der Waals surface area contributed by atoms with Gasteiger partial charge in [0.25, 0.3) is 0 Å². The van der Waals surface area contributed by atoms with E-state index in [1.54, 1.807) is 0 Å². The Hall–Kier alpha value is -0.370. The third-order valence-electron chi connectivity index (χ3n) is 5.65. The third-order valence-corrected chi connectivity index (χ3v) is 5.65. The van der Waals surface area contributed by atoms with Crippen LogP contribution in [0, 0.1) is 17.3 Å². The van der Waals surface area contributed by atoms with Crippen molar-refractivity contribution in [3.63, 3.8) is 0 Å². The summed E-state index contributed by atoms with van der Waals surface area (Å²) < 4.78 is 0. The molecule has 0 aromatic carbocycles. The van der Waals surface area contributed by atoms with Crippen LogP contribution in [0.1, 0.15) is 78.6 Å². The van der Waals surface area contributed by atoms with Crippen molar-refractivity contribution in [2.75, 3.05) is 0 Å². The average Bonchev–Trinajstić information content (AvgIpc) is 2.62. The number of hydrogen-bond acceptors (Lipinski definition) is 2. The smallest absolute Gasteiger partial charge is 0.136 e. The van der Waals surface area contributed by atoms with Crippen LogP contribution in [0.4, 0.5) is 0 Å². The number of ketones is 1. The molecule has 2 nitrogen and oxygen atoms in total. The van der Waals surface area contributed by atoms with Crippen LogP contribution in [0.15, 0.2) is 0 Å². The van der Waals surface area contributed by atoms with Crippen molar-refractivity contribution < 1.29 is 9.90 Å². The molecule has 19 heavy (non-hydrogen) atoms. The van der Waals surface area contributed by atoms with Crippen LogP contribution in [0.2, 0.25) is 0 Å². The minimum absolute atomic E-state index is 0.296. The molecule has 0 saturated heterocycles. The Morgan fingerprint density at radius 1 is 1.32 bits per heavy atom. The molecule has 2 rings (SSSR count). The van der Waals surface area contributed by atoms with E-state index in [9.17, 15) is 9.90 Å². The molecule has 1 N–H and O–H groups in total. The number of rotatable bonds is 5. The van der Waals surface area contributed by atoms with Crippen LogP contribution >= 0.6 is 0 Å². The van der Waals surface area contributed by atoms with E-state index in [4.69, 9.17) is 0 Å². The standard InChI is InChI=1S/C17H30O2/c1-16(2,19)11-5-4-7-13-9-10-14-15(18)8-6-12-17(13,14)3/h13-14,19H,4-12H2,1-3H3. The fraction of sp³-hybridized carbons (Fsp3) is 0.941. The molecule has 0 radical (unpaired) electrons. The molecule has 2 heteroatoms. The summed E-state index contributed by atoms with van der Waals surface area (Å²) in [6.45, 7) is 6.14. The fourth-order valence-electron chi connectivity index (χ4n) is 4.46. The minimum atomic E-state index is -0.525. The van der Waals surface area contributed by atoms with Crippen molar-refractivity contribution in [1.82, 2.24) is 0 Å². The molecule has 0 amide bonds. The second kappa shape index (κ2) is 5.55. The van der Waals surface area contributed by atoms with E-state index in [0.717, 1.165) is 38.0 Å². The summed E-state index contributed by atoms with van der Waals surface area (Å²) in [6, 6.07) is 0. The third kappa shape index (κ3) is 3.39. The monoisotopic (exact) mass is 266 g/mol. The molecular weight excluding hydrogens is 236 g/mol. The van der Waals surface area contributed by atoms with Gasteiger partial charge in [-0.3, -0.25) is 4.79 Å².